The van der Waals surface area contributed by atoms with Gasteiger partial charge in [0.1, 0.15) is 0 Å². The Balaban J connectivity index is 5.49. The lowest BCUT2D eigenvalue weighted by molar-refractivity contribution is -0.187. The first-order chi connectivity index (χ1) is 10.2. The molecule has 0 spiro atoms. The zero-order valence-electron chi connectivity index (χ0n) is 13.2. The third kappa shape index (κ3) is 5.44. The molecule has 0 fully saturated rings. The number of hydrogen-bond donors (Lipinski definition) is 1. The first-order valence-corrected chi connectivity index (χ1v) is 7.00. The summed E-state index contributed by atoms with van der Waals surface area (Å²) in [7, 11) is 0. The molecule has 0 radical (unpaired) electrons. The van der Waals surface area contributed by atoms with Crippen LogP contribution in [0.3, 0.4) is 0 Å². The highest BCUT2D eigenvalue weighted by molar-refractivity contribution is 5.94. The second-order valence-electron chi connectivity index (χ2n) is 4.50. The molecule has 0 aliphatic heterocycles. The van der Waals surface area contributed by atoms with E-state index in [0.717, 1.165) is 6.92 Å². The quantitative estimate of drug-likeness (QED) is 0.387. The molecule has 1 N–H and O–H groups in total. The molecule has 0 amide bonds. The summed E-state index contributed by atoms with van der Waals surface area (Å²) in [4.78, 5) is 46.5. The molecule has 0 aliphatic carbocycles. The number of aliphatic hydroxyl groups is 1. The van der Waals surface area contributed by atoms with Crippen LogP contribution in [0.25, 0.3) is 0 Å². The number of carbonyl (C=O) groups excluding carboxylic acids is 4. The van der Waals surface area contributed by atoms with Gasteiger partial charge in [-0.05, 0) is 20.3 Å². The molecule has 0 aromatic rings. The fraction of sp³-hybridized carbons (Fsp3) is 0.714. The van der Waals surface area contributed by atoms with Crippen LogP contribution in [0.15, 0.2) is 0 Å². The maximum absolute atomic E-state index is 12.0. The van der Waals surface area contributed by atoms with Crippen molar-refractivity contribution in [2.24, 2.45) is 5.92 Å². The molecule has 8 heteroatoms. The Kier molecular flexibility index (Phi) is 8.32. The zero-order valence-corrected chi connectivity index (χ0v) is 13.2. The molecule has 0 saturated carbocycles. The summed E-state index contributed by atoms with van der Waals surface area (Å²) in [5.74, 6) is -5.43. The summed E-state index contributed by atoms with van der Waals surface area (Å²) in [5, 5.41) is 10.6. The maximum atomic E-state index is 12.0. The van der Waals surface area contributed by atoms with Crippen LogP contribution in [0.1, 0.15) is 40.5 Å². The largest absolute Gasteiger partial charge is 0.466 e. The fourth-order valence-corrected chi connectivity index (χ4v) is 1.94. The molecular formula is C14H22O8. The van der Waals surface area contributed by atoms with Crippen molar-refractivity contribution in [2.45, 2.75) is 46.1 Å². The lowest BCUT2D eigenvalue weighted by Crippen LogP contribution is -2.52. The van der Waals surface area contributed by atoms with Crippen molar-refractivity contribution in [3.63, 3.8) is 0 Å². The second kappa shape index (κ2) is 9.14. The van der Waals surface area contributed by atoms with E-state index in [1.165, 1.54) is 13.8 Å². The van der Waals surface area contributed by atoms with E-state index in [2.05, 4.69) is 4.74 Å². The third-order valence-electron chi connectivity index (χ3n) is 2.86. The number of carbonyl (C=O) groups is 4. The molecule has 126 valence electrons. The second-order valence-corrected chi connectivity index (χ2v) is 4.50. The number of ether oxygens (including phenoxy) is 3. The Morgan fingerprint density at radius 3 is 2.00 bits per heavy atom. The van der Waals surface area contributed by atoms with Crippen LogP contribution >= 0.6 is 0 Å². The van der Waals surface area contributed by atoms with Crippen molar-refractivity contribution in [2.75, 3.05) is 13.2 Å². The van der Waals surface area contributed by atoms with E-state index in [4.69, 9.17) is 9.47 Å². The van der Waals surface area contributed by atoms with Crippen LogP contribution in [-0.2, 0) is 33.4 Å². The Morgan fingerprint density at radius 2 is 1.59 bits per heavy atom. The van der Waals surface area contributed by atoms with Gasteiger partial charge in [-0.25, -0.2) is 4.79 Å². The van der Waals surface area contributed by atoms with E-state index in [0.29, 0.717) is 0 Å². The van der Waals surface area contributed by atoms with Crippen LogP contribution < -0.4 is 0 Å². The molecule has 8 nitrogen and oxygen atoms in total. The number of hydrogen-bond acceptors (Lipinski definition) is 8. The number of esters is 4. The van der Waals surface area contributed by atoms with Crippen LogP contribution in [0.5, 0.6) is 0 Å². The highest BCUT2D eigenvalue weighted by Crippen LogP contribution is 2.28. The number of rotatable bonds is 8. The van der Waals surface area contributed by atoms with Gasteiger partial charge in [0.05, 0.1) is 25.6 Å². The van der Waals surface area contributed by atoms with E-state index in [9.17, 15) is 24.3 Å². The molecule has 22 heavy (non-hydrogen) atoms. The predicted molar refractivity (Wildman–Crippen MR) is 73.4 cm³/mol. The van der Waals surface area contributed by atoms with Crippen molar-refractivity contribution in [1.29, 1.82) is 0 Å². The summed E-state index contributed by atoms with van der Waals surface area (Å²) in [6.07, 6.45) is -0.813. The maximum Gasteiger partial charge on any atom is 0.339 e. The van der Waals surface area contributed by atoms with Gasteiger partial charge in [0.25, 0.3) is 0 Å². The lowest BCUT2D eigenvalue weighted by Gasteiger charge is -2.30. The first kappa shape index (κ1) is 20.0. The molecule has 0 aliphatic rings. The Bertz CT molecular complexity index is 431. The summed E-state index contributed by atoms with van der Waals surface area (Å²) in [6, 6.07) is 0. The average Bonchev–Trinajstić information content (AvgIpc) is 2.38. The van der Waals surface area contributed by atoms with Crippen molar-refractivity contribution in [3.8, 4) is 0 Å². The minimum Gasteiger partial charge on any atom is -0.466 e. The molecule has 0 bridgehead atoms. The van der Waals surface area contributed by atoms with Gasteiger partial charge in [-0.15, -0.1) is 0 Å². The third-order valence-corrected chi connectivity index (χ3v) is 2.86. The van der Waals surface area contributed by atoms with Crippen molar-refractivity contribution >= 4 is 23.9 Å². The van der Waals surface area contributed by atoms with Gasteiger partial charge < -0.3 is 19.3 Å². The summed E-state index contributed by atoms with van der Waals surface area (Å²) in [5.41, 5.74) is -2.45. The van der Waals surface area contributed by atoms with Crippen LogP contribution in [0, 0.1) is 5.92 Å². The summed E-state index contributed by atoms with van der Waals surface area (Å²) < 4.78 is 13.9. The van der Waals surface area contributed by atoms with E-state index in [-0.39, 0.29) is 19.6 Å². The SMILES string of the molecule is CCOC(=O)C[C@](O)(C(=O)OCC)[C@H](CC)C(=O)OC(C)=O. The zero-order chi connectivity index (χ0) is 17.3. The van der Waals surface area contributed by atoms with E-state index >= 15 is 0 Å². The van der Waals surface area contributed by atoms with Crippen molar-refractivity contribution < 1.29 is 38.5 Å². The standard InChI is InChI=1S/C14H22O8/c1-5-10(12(17)22-9(4)15)14(19,13(18)21-7-3)8-11(16)20-6-2/h10,19H,5-8H2,1-4H3/t10-,14-/m1/s1. The smallest absolute Gasteiger partial charge is 0.339 e. The fourth-order valence-electron chi connectivity index (χ4n) is 1.94. The van der Waals surface area contributed by atoms with Gasteiger partial charge in [0, 0.05) is 6.92 Å². The van der Waals surface area contributed by atoms with Crippen LogP contribution in [0.2, 0.25) is 0 Å². The van der Waals surface area contributed by atoms with Crippen LogP contribution in [-0.4, -0.2) is 47.8 Å². The summed E-state index contributed by atoms with van der Waals surface area (Å²) in [6.45, 7) is 5.58. The van der Waals surface area contributed by atoms with Crippen LogP contribution in [0.4, 0.5) is 0 Å². The molecular weight excluding hydrogens is 296 g/mol. The Hall–Kier alpha value is -1.96. The monoisotopic (exact) mass is 318 g/mol. The summed E-state index contributed by atoms with van der Waals surface area (Å²) >= 11 is 0. The first-order valence-electron chi connectivity index (χ1n) is 7.00. The normalized spacial score (nSPS) is 14.4. The van der Waals surface area contributed by atoms with Gasteiger partial charge in [-0.1, -0.05) is 6.92 Å². The minimum absolute atomic E-state index is 0.0408. The highest BCUT2D eigenvalue weighted by atomic mass is 16.6. The van der Waals surface area contributed by atoms with E-state index in [1.807, 2.05) is 0 Å². The van der Waals surface area contributed by atoms with E-state index < -0.39 is 41.8 Å². The van der Waals surface area contributed by atoms with Gasteiger partial charge >= 0.3 is 23.9 Å². The molecule has 0 aromatic carbocycles. The average molecular weight is 318 g/mol. The van der Waals surface area contributed by atoms with Gasteiger partial charge in [0.15, 0.2) is 5.60 Å². The predicted octanol–water partition coefficient (Wildman–Crippen LogP) is 0.350. The molecule has 0 saturated heterocycles. The topological polar surface area (TPSA) is 116 Å². The Morgan fingerprint density at radius 1 is 1.05 bits per heavy atom. The van der Waals surface area contributed by atoms with E-state index in [1.54, 1.807) is 6.92 Å². The van der Waals surface area contributed by atoms with Crippen molar-refractivity contribution in [1.82, 2.24) is 0 Å². The van der Waals surface area contributed by atoms with Gasteiger partial charge in [0.2, 0.25) is 0 Å². The Labute approximate surface area is 128 Å². The molecule has 0 unspecified atom stereocenters. The van der Waals surface area contributed by atoms with Gasteiger partial charge in [-0.3, -0.25) is 14.4 Å². The van der Waals surface area contributed by atoms with Crippen molar-refractivity contribution in [3.05, 3.63) is 0 Å². The molecule has 0 aromatic heterocycles. The molecule has 0 heterocycles. The lowest BCUT2D eigenvalue weighted by atomic mass is 9.82. The van der Waals surface area contributed by atoms with Gasteiger partial charge in [-0.2, -0.15) is 0 Å². The molecule has 0 rings (SSSR count). The minimum atomic E-state index is -2.45. The highest BCUT2D eigenvalue weighted by Gasteiger charge is 2.51. The molecule has 2 atom stereocenters.